The number of imidazole rings is 1. The van der Waals surface area contributed by atoms with Crippen LogP contribution in [0.25, 0.3) is 11.4 Å². The average Bonchev–Trinajstić information content (AvgIpc) is 2.83. The first-order valence-electron chi connectivity index (χ1n) is 4.51. The van der Waals surface area contributed by atoms with Crippen molar-refractivity contribution >= 4 is 17.7 Å². The van der Waals surface area contributed by atoms with Crippen LogP contribution in [-0.2, 0) is 0 Å². The third kappa shape index (κ3) is 1.35. The van der Waals surface area contributed by atoms with Crippen molar-refractivity contribution in [3.8, 4) is 11.4 Å². The standard InChI is InChI=1S/C10H7N3OS/c14-9-6-15-10-12-8(5-13(9)10)7-3-1-2-4-11-7/h1-5H,6H2. The molecule has 0 fully saturated rings. The highest BCUT2D eigenvalue weighted by molar-refractivity contribution is 8.00. The quantitative estimate of drug-likeness (QED) is 0.729. The summed E-state index contributed by atoms with van der Waals surface area (Å²) < 4.78 is 1.59. The van der Waals surface area contributed by atoms with E-state index in [1.165, 1.54) is 11.8 Å². The van der Waals surface area contributed by atoms with E-state index < -0.39 is 0 Å². The minimum absolute atomic E-state index is 0.0877. The van der Waals surface area contributed by atoms with Crippen LogP contribution in [0.2, 0.25) is 0 Å². The van der Waals surface area contributed by atoms with Gasteiger partial charge in [0, 0.05) is 12.4 Å². The van der Waals surface area contributed by atoms with E-state index in [-0.39, 0.29) is 5.91 Å². The van der Waals surface area contributed by atoms with Gasteiger partial charge in [-0.3, -0.25) is 14.3 Å². The molecule has 2 aromatic rings. The summed E-state index contributed by atoms with van der Waals surface area (Å²) in [7, 11) is 0. The van der Waals surface area contributed by atoms with Gasteiger partial charge in [0.1, 0.15) is 5.69 Å². The molecule has 4 nitrogen and oxygen atoms in total. The highest BCUT2D eigenvalue weighted by atomic mass is 32.2. The van der Waals surface area contributed by atoms with Gasteiger partial charge in [0.2, 0.25) is 5.91 Å². The minimum Gasteiger partial charge on any atom is -0.273 e. The molecule has 1 aliphatic heterocycles. The van der Waals surface area contributed by atoms with Gasteiger partial charge in [-0.15, -0.1) is 0 Å². The molecule has 0 saturated heterocycles. The Morgan fingerprint density at radius 3 is 3.00 bits per heavy atom. The van der Waals surface area contributed by atoms with E-state index in [2.05, 4.69) is 9.97 Å². The summed E-state index contributed by atoms with van der Waals surface area (Å²) in [5.41, 5.74) is 1.55. The van der Waals surface area contributed by atoms with Gasteiger partial charge in [-0.05, 0) is 12.1 Å². The fourth-order valence-corrected chi connectivity index (χ4v) is 2.33. The Morgan fingerprint density at radius 2 is 2.27 bits per heavy atom. The van der Waals surface area contributed by atoms with Crippen LogP contribution >= 0.6 is 11.8 Å². The normalized spacial score (nSPS) is 14.3. The molecule has 3 heterocycles. The van der Waals surface area contributed by atoms with Crippen molar-refractivity contribution in [2.45, 2.75) is 5.16 Å². The zero-order valence-electron chi connectivity index (χ0n) is 7.75. The van der Waals surface area contributed by atoms with Crippen molar-refractivity contribution in [2.75, 3.05) is 5.75 Å². The largest absolute Gasteiger partial charge is 0.273 e. The number of thioether (sulfide) groups is 1. The summed E-state index contributed by atoms with van der Waals surface area (Å²) in [5, 5.41) is 0.764. The summed E-state index contributed by atoms with van der Waals surface area (Å²) in [6.07, 6.45) is 3.47. The predicted octanol–water partition coefficient (Wildman–Crippen LogP) is 1.69. The molecule has 1 aliphatic rings. The number of hydrogen-bond acceptors (Lipinski definition) is 4. The number of rotatable bonds is 1. The Balaban J connectivity index is 2.09. The predicted molar refractivity (Wildman–Crippen MR) is 56.8 cm³/mol. The van der Waals surface area contributed by atoms with Gasteiger partial charge >= 0.3 is 0 Å². The first-order chi connectivity index (χ1) is 7.34. The highest BCUT2D eigenvalue weighted by Gasteiger charge is 2.22. The lowest BCUT2D eigenvalue weighted by Crippen LogP contribution is -2.04. The van der Waals surface area contributed by atoms with E-state index >= 15 is 0 Å². The number of pyridine rings is 1. The van der Waals surface area contributed by atoms with Gasteiger partial charge in [-0.1, -0.05) is 17.8 Å². The SMILES string of the molecule is O=C1CSc2nc(-c3ccccn3)cn21. The monoisotopic (exact) mass is 217 g/mol. The van der Waals surface area contributed by atoms with E-state index in [9.17, 15) is 4.79 Å². The second kappa shape index (κ2) is 3.20. The summed E-state index contributed by atoms with van der Waals surface area (Å²) in [5.74, 6) is 0.579. The Morgan fingerprint density at radius 1 is 1.33 bits per heavy atom. The van der Waals surface area contributed by atoms with Gasteiger partial charge in [0.25, 0.3) is 0 Å². The molecule has 0 spiro atoms. The summed E-state index contributed by atoms with van der Waals surface area (Å²) in [6, 6.07) is 5.64. The van der Waals surface area contributed by atoms with Crippen molar-refractivity contribution in [1.29, 1.82) is 0 Å². The van der Waals surface area contributed by atoms with Gasteiger partial charge in [0.15, 0.2) is 5.16 Å². The van der Waals surface area contributed by atoms with E-state index in [1.807, 2.05) is 18.2 Å². The van der Waals surface area contributed by atoms with Gasteiger partial charge < -0.3 is 0 Å². The van der Waals surface area contributed by atoms with Crippen molar-refractivity contribution < 1.29 is 4.79 Å². The van der Waals surface area contributed by atoms with Crippen molar-refractivity contribution in [2.24, 2.45) is 0 Å². The molecule has 0 aliphatic carbocycles. The smallest absolute Gasteiger partial charge is 0.243 e. The maximum atomic E-state index is 11.4. The Kier molecular flexibility index (Phi) is 1.85. The van der Waals surface area contributed by atoms with Crippen LogP contribution < -0.4 is 0 Å². The van der Waals surface area contributed by atoms with Crippen LogP contribution in [0.15, 0.2) is 35.7 Å². The van der Waals surface area contributed by atoms with Gasteiger partial charge in [-0.2, -0.15) is 0 Å². The number of fused-ring (bicyclic) bond motifs is 1. The Bertz CT molecular complexity index is 521. The second-order valence-electron chi connectivity index (χ2n) is 3.18. The lowest BCUT2D eigenvalue weighted by molar-refractivity contribution is 0.0939. The molecule has 0 radical (unpaired) electrons. The van der Waals surface area contributed by atoms with Crippen LogP contribution in [0.4, 0.5) is 0 Å². The molecule has 0 amide bonds. The zero-order chi connectivity index (χ0) is 10.3. The lowest BCUT2D eigenvalue weighted by atomic mass is 10.3. The highest BCUT2D eigenvalue weighted by Crippen LogP contribution is 2.27. The minimum atomic E-state index is 0.0877. The van der Waals surface area contributed by atoms with E-state index in [1.54, 1.807) is 17.0 Å². The van der Waals surface area contributed by atoms with E-state index in [0.717, 1.165) is 16.5 Å². The number of carbonyl (C=O) groups excluding carboxylic acids is 1. The molecule has 0 N–H and O–H groups in total. The van der Waals surface area contributed by atoms with Gasteiger partial charge in [0.05, 0.1) is 11.4 Å². The second-order valence-corrected chi connectivity index (χ2v) is 4.12. The molecule has 0 aromatic carbocycles. The molecule has 0 saturated carbocycles. The summed E-state index contributed by atoms with van der Waals surface area (Å²) in [6.45, 7) is 0. The fourth-order valence-electron chi connectivity index (χ4n) is 1.48. The first-order valence-corrected chi connectivity index (χ1v) is 5.50. The van der Waals surface area contributed by atoms with Crippen LogP contribution in [0, 0.1) is 0 Å². The van der Waals surface area contributed by atoms with Crippen LogP contribution in [0.5, 0.6) is 0 Å². The molecule has 2 aromatic heterocycles. The Hall–Kier alpha value is -1.62. The van der Waals surface area contributed by atoms with E-state index in [4.69, 9.17) is 0 Å². The maximum absolute atomic E-state index is 11.4. The van der Waals surface area contributed by atoms with Gasteiger partial charge in [-0.25, -0.2) is 4.98 Å². The Labute approximate surface area is 90.4 Å². The molecule has 0 unspecified atom stereocenters. The summed E-state index contributed by atoms with van der Waals surface area (Å²) >= 11 is 1.47. The van der Waals surface area contributed by atoms with Crippen LogP contribution in [0.3, 0.4) is 0 Å². The number of aromatic nitrogens is 3. The maximum Gasteiger partial charge on any atom is 0.243 e. The number of nitrogens with zero attached hydrogens (tertiary/aromatic N) is 3. The lowest BCUT2D eigenvalue weighted by Gasteiger charge is -1.93. The summed E-state index contributed by atoms with van der Waals surface area (Å²) in [4.78, 5) is 19.9. The molecular weight excluding hydrogens is 210 g/mol. The molecular formula is C10H7N3OS. The topological polar surface area (TPSA) is 47.8 Å². The molecule has 3 rings (SSSR count). The third-order valence-electron chi connectivity index (χ3n) is 2.19. The average molecular weight is 217 g/mol. The molecule has 0 bridgehead atoms. The molecule has 5 heteroatoms. The number of hydrogen-bond donors (Lipinski definition) is 0. The van der Waals surface area contributed by atoms with Crippen molar-refractivity contribution in [3.05, 3.63) is 30.6 Å². The molecule has 0 atom stereocenters. The first kappa shape index (κ1) is 8.67. The van der Waals surface area contributed by atoms with Crippen molar-refractivity contribution in [1.82, 2.24) is 14.5 Å². The molecule has 15 heavy (non-hydrogen) atoms. The molecule has 74 valence electrons. The zero-order valence-corrected chi connectivity index (χ0v) is 8.57. The van der Waals surface area contributed by atoms with Crippen LogP contribution in [-0.4, -0.2) is 26.2 Å². The third-order valence-corrected chi connectivity index (χ3v) is 3.13. The van der Waals surface area contributed by atoms with Crippen molar-refractivity contribution in [3.63, 3.8) is 0 Å². The fraction of sp³-hybridized carbons (Fsp3) is 0.100. The van der Waals surface area contributed by atoms with Crippen LogP contribution in [0.1, 0.15) is 4.79 Å². The van der Waals surface area contributed by atoms with E-state index in [0.29, 0.717) is 5.75 Å². The number of carbonyl (C=O) groups is 1.